The molecule has 0 heterocycles. The molecule has 19 heavy (non-hydrogen) atoms. The SMILES string of the molecule is CCS(=O)(=O)CCCC(N)c1ccc(OC)c(C)c1. The zero-order valence-corrected chi connectivity index (χ0v) is 12.7. The van der Waals surface area contributed by atoms with Gasteiger partial charge in [0, 0.05) is 11.8 Å². The van der Waals surface area contributed by atoms with Crippen LogP contribution in [-0.4, -0.2) is 27.0 Å². The standard InChI is InChI=1S/C14H23NO3S/c1-4-19(16,17)9-5-6-13(15)12-7-8-14(18-3)11(2)10-12/h7-8,10,13H,4-6,9,15H2,1-3H3. The van der Waals surface area contributed by atoms with Crippen molar-refractivity contribution in [3.63, 3.8) is 0 Å². The van der Waals surface area contributed by atoms with Gasteiger partial charge < -0.3 is 10.5 Å². The molecule has 0 amide bonds. The van der Waals surface area contributed by atoms with E-state index < -0.39 is 9.84 Å². The minimum atomic E-state index is -2.89. The Labute approximate surface area is 115 Å². The molecule has 0 saturated heterocycles. The lowest BCUT2D eigenvalue weighted by Gasteiger charge is -2.14. The summed E-state index contributed by atoms with van der Waals surface area (Å²) in [6.07, 6.45) is 1.27. The summed E-state index contributed by atoms with van der Waals surface area (Å²) in [5.74, 6) is 1.25. The van der Waals surface area contributed by atoms with Crippen LogP contribution in [0.2, 0.25) is 0 Å². The first-order valence-corrected chi connectivity index (χ1v) is 8.32. The van der Waals surface area contributed by atoms with Crippen LogP contribution in [0.4, 0.5) is 0 Å². The smallest absolute Gasteiger partial charge is 0.150 e. The number of nitrogens with two attached hydrogens (primary N) is 1. The molecule has 0 fully saturated rings. The molecule has 5 heteroatoms. The first kappa shape index (κ1) is 16.0. The first-order valence-electron chi connectivity index (χ1n) is 6.50. The summed E-state index contributed by atoms with van der Waals surface area (Å²) in [4.78, 5) is 0. The Balaban J connectivity index is 2.59. The highest BCUT2D eigenvalue weighted by Gasteiger charge is 2.11. The van der Waals surface area contributed by atoms with Crippen LogP contribution in [0.3, 0.4) is 0 Å². The molecular formula is C14H23NO3S. The molecule has 108 valence electrons. The number of benzene rings is 1. The van der Waals surface area contributed by atoms with E-state index in [1.165, 1.54) is 0 Å². The number of hydrogen-bond acceptors (Lipinski definition) is 4. The van der Waals surface area contributed by atoms with E-state index in [9.17, 15) is 8.42 Å². The topological polar surface area (TPSA) is 69.4 Å². The van der Waals surface area contributed by atoms with Crippen molar-refractivity contribution in [3.8, 4) is 5.75 Å². The normalized spacial score (nSPS) is 13.3. The third-order valence-electron chi connectivity index (χ3n) is 3.26. The lowest BCUT2D eigenvalue weighted by molar-refractivity contribution is 0.411. The maximum atomic E-state index is 11.4. The van der Waals surface area contributed by atoms with Crippen LogP contribution in [0.1, 0.15) is 36.9 Å². The van der Waals surface area contributed by atoms with Gasteiger partial charge in [-0.05, 0) is 37.0 Å². The molecule has 0 bridgehead atoms. The van der Waals surface area contributed by atoms with Crippen LogP contribution < -0.4 is 10.5 Å². The number of sulfone groups is 1. The van der Waals surface area contributed by atoms with Gasteiger partial charge in [-0.1, -0.05) is 19.1 Å². The van der Waals surface area contributed by atoms with E-state index in [1.807, 2.05) is 25.1 Å². The third kappa shape index (κ3) is 4.84. The highest BCUT2D eigenvalue weighted by atomic mass is 32.2. The molecule has 0 spiro atoms. The Kier molecular flexibility index (Phi) is 5.82. The summed E-state index contributed by atoms with van der Waals surface area (Å²) >= 11 is 0. The molecule has 2 N–H and O–H groups in total. The van der Waals surface area contributed by atoms with Gasteiger partial charge in [-0.25, -0.2) is 8.42 Å². The van der Waals surface area contributed by atoms with Gasteiger partial charge in [0.15, 0.2) is 0 Å². The zero-order chi connectivity index (χ0) is 14.5. The molecule has 1 atom stereocenters. The maximum absolute atomic E-state index is 11.4. The molecule has 0 aliphatic carbocycles. The summed E-state index contributed by atoms with van der Waals surface area (Å²) in [6.45, 7) is 3.64. The lowest BCUT2D eigenvalue weighted by atomic mass is 10.0. The Bertz CT molecular complexity index is 511. The van der Waals surface area contributed by atoms with Crippen LogP contribution in [0.5, 0.6) is 5.75 Å². The highest BCUT2D eigenvalue weighted by molar-refractivity contribution is 7.91. The van der Waals surface area contributed by atoms with E-state index >= 15 is 0 Å². The first-order chi connectivity index (χ1) is 8.89. The number of ether oxygens (including phenoxy) is 1. The van der Waals surface area contributed by atoms with Crippen LogP contribution >= 0.6 is 0 Å². The number of aryl methyl sites for hydroxylation is 1. The second-order valence-electron chi connectivity index (χ2n) is 4.71. The van der Waals surface area contributed by atoms with Gasteiger partial charge in [-0.3, -0.25) is 0 Å². The highest BCUT2D eigenvalue weighted by Crippen LogP contribution is 2.23. The van der Waals surface area contributed by atoms with E-state index in [0.717, 1.165) is 16.9 Å². The Hall–Kier alpha value is -1.07. The molecule has 4 nitrogen and oxygen atoms in total. The Morgan fingerprint density at radius 1 is 1.37 bits per heavy atom. The molecule has 0 aliphatic heterocycles. The van der Waals surface area contributed by atoms with Crippen molar-refractivity contribution in [2.45, 2.75) is 32.7 Å². The predicted octanol–water partition coefficient (Wildman–Crippen LogP) is 2.22. The molecular weight excluding hydrogens is 262 g/mol. The fraction of sp³-hybridized carbons (Fsp3) is 0.571. The van der Waals surface area contributed by atoms with Crippen molar-refractivity contribution >= 4 is 9.84 Å². The zero-order valence-electron chi connectivity index (χ0n) is 11.8. The molecule has 1 aromatic carbocycles. The number of hydrogen-bond donors (Lipinski definition) is 1. The van der Waals surface area contributed by atoms with E-state index in [0.29, 0.717) is 12.8 Å². The van der Waals surface area contributed by atoms with Crippen molar-refractivity contribution in [3.05, 3.63) is 29.3 Å². The number of rotatable bonds is 7. The molecule has 0 aromatic heterocycles. The molecule has 1 unspecified atom stereocenters. The van der Waals surface area contributed by atoms with Crippen LogP contribution in [0.25, 0.3) is 0 Å². The Morgan fingerprint density at radius 2 is 2.05 bits per heavy atom. The van der Waals surface area contributed by atoms with Crippen LogP contribution in [0, 0.1) is 6.92 Å². The second kappa shape index (κ2) is 6.91. The van der Waals surface area contributed by atoms with E-state index in [2.05, 4.69) is 0 Å². The van der Waals surface area contributed by atoms with E-state index in [1.54, 1.807) is 14.0 Å². The molecule has 0 aliphatic rings. The average molecular weight is 285 g/mol. The van der Waals surface area contributed by atoms with Gasteiger partial charge in [-0.15, -0.1) is 0 Å². The average Bonchev–Trinajstić information content (AvgIpc) is 2.38. The van der Waals surface area contributed by atoms with Crippen molar-refractivity contribution in [1.29, 1.82) is 0 Å². The Morgan fingerprint density at radius 3 is 2.58 bits per heavy atom. The summed E-state index contributed by atoms with van der Waals surface area (Å²) < 4.78 is 28.0. The van der Waals surface area contributed by atoms with Gasteiger partial charge in [0.2, 0.25) is 0 Å². The minimum absolute atomic E-state index is 0.128. The number of methoxy groups -OCH3 is 1. The quantitative estimate of drug-likeness (QED) is 0.834. The van der Waals surface area contributed by atoms with Crippen molar-refractivity contribution in [1.82, 2.24) is 0 Å². The van der Waals surface area contributed by atoms with Crippen molar-refractivity contribution < 1.29 is 13.2 Å². The summed E-state index contributed by atoms with van der Waals surface area (Å²) in [5, 5.41) is 0. The van der Waals surface area contributed by atoms with E-state index in [4.69, 9.17) is 10.5 Å². The van der Waals surface area contributed by atoms with E-state index in [-0.39, 0.29) is 17.5 Å². The molecule has 0 saturated carbocycles. The fourth-order valence-corrected chi connectivity index (χ4v) is 2.86. The van der Waals surface area contributed by atoms with Gasteiger partial charge in [0.25, 0.3) is 0 Å². The van der Waals surface area contributed by atoms with Gasteiger partial charge in [0.1, 0.15) is 15.6 Å². The minimum Gasteiger partial charge on any atom is -0.496 e. The molecule has 0 radical (unpaired) electrons. The van der Waals surface area contributed by atoms with Crippen molar-refractivity contribution in [2.24, 2.45) is 5.73 Å². The third-order valence-corrected chi connectivity index (χ3v) is 5.05. The largest absolute Gasteiger partial charge is 0.496 e. The lowest BCUT2D eigenvalue weighted by Crippen LogP contribution is -2.14. The summed E-state index contributed by atoms with van der Waals surface area (Å²) in [7, 11) is -1.26. The monoisotopic (exact) mass is 285 g/mol. The maximum Gasteiger partial charge on any atom is 0.150 e. The summed E-state index contributed by atoms with van der Waals surface area (Å²) in [6, 6.07) is 5.70. The summed E-state index contributed by atoms with van der Waals surface area (Å²) in [5.41, 5.74) is 8.15. The van der Waals surface area contributed by atoms with Crippen molar-refractivity contribution in [2.75, 3.05) is 18.6 Å². The second-order valence-corrected chi connectivity index (χ2v) is 7.19. The van der Waals surface area contributed by atoms with Gasteiger partial charge in [-0.2, -0.15) is 0 Å². The fourth-order valence-electron chi connectivity index (χ4n) is 1.97. The van der Waals surface area contributed by atoms with Crippen LogP contribution in [0.15, 0.2) is 18.2 Å². The van der Waals surface area contributed by atoms with Gasteiger partial charge >= 0.3 is 0 Å². The molecule has 1 rings (SSSR count). The molecule has 1 aromatic rings. The predicted molar refractivity (Wildman–Crippen MR) is 78.2 cm³/mol. The van der Waals surface area contributed by atoms with Gasteiger partial charge in [0.05, 0.1) is 12.9 Å². The van der Waals surface area contributed by atoms with Crippen LogP contribution in [-0.2, 0) is 9.84 Å².